The Labute approximate surface area is 99.6 Å². The smallest absolute Gasteiger partial charge is 0.238 e. The standard InChI is InChI=1S/C11H16N4O2/c1-15(6-10(13)16)7-11(17)14-9-5-3-2-4-8(9)12/h2-5H,6-7,12H2,1H3,(H2,13,16)(H,14,17). The van der Waals surface area contributed by atoms with Gasteiger partial charge in [0.1, 0.15) is 0 Å². The third-order valence-corrected chi connectivity index (χ3v) is 2.07. The molecule has 2 amide bonds. The fourth-order valence-corrected chi connectivity index (χ4v) is 1.37. The molecule has 0 aliphatic heterocycles. The number of likely N-dealkylation sites (N-methyl/N-ethyl adjacent to an activating group) is 1. The van der Waals surface area contributed by atoms with Crippen LogP contribution in [0, 0.1) is 0 Å². The van der Waals surface area contributed by atoms with E-state index in [0.29, 0.717) is 11.4 Å². The van der Waals surface area contributed by atoms with Crippen LogP contribution in [-0.4, -0.2) is 36.9 Å². The lowest BCUT2D eigenvalue weighted by Crippen LogP contribution is -2.36. The summed E-state index contributed by atoms with van der Waals surface area (Å²) in [5.74, 6) is -0.717. The number of para-hydroxylation sites is 2. The number of hydrogen-bond acceptors (Lipinski definition) is 4. The number of nitrogens with one attached hydrogen (secondary N) is 1. The summed E-state index contributed by atoms with van der Waals surface area (Å²) < 4.78 is 0. The summed E-state index contributed by atoms with van der Waals surface area (Å²) in [7, 11) is 1.64. The lowest BCUT2D eigenvalue weighted by Gasteiger charge is -2.14. The Hall–Kier alpha value is -2.08. The molecule has 0 atom stereocenters. The van der Waals surface area contributed by atoms with Crippen LogP contribution in [0.1, 0.15) is 0 Å². The van der Waals surface area contributed by atoms with Crippen LogP contribution in [-0.2, 0) is 9.59 Å². The average molecular weight is 236 g/mol. The molecule has 0 unspecified atom stereocenters. The summed E-state index contributed by atoms with van der Waals surface area (Å²) in [5, 5.41) is 2.66. The maximum absolute atomic E-state index is 11.6. The minimum absolute atomic E-state index is 0.0394. The first kappa shape index (κ1) is 13.0. The lowest BCUT2D eigenvalue weighted by atomic mass is 10.2. The van der Waals surface area contributed by atoms with Crippen LogP contribution in [0.3, 0.4) is 0 Å². The van der Waals surface area contributed by atoms with Crippen LogP contribution < -0.4 is 16.8 Å². The van der Waals surface area contributed by atoms with Crippen molar-refractivity contribution in [1.82, 2.24) is 4.90 Å². The zero-order valence-corrected chi connectivity index (χ0v) is 9.64. The van der Waals surface area contributed by atoms with Gasteiger partial charge in [-0.05, 0) is 19.2 Å². The van der Waals surface area contributed by atoms with Crippen LogP contribution in [0.4, 0.5) is 11.4 Å². The van der Waals surface area contributed by atoms with Crippen LogP contribution in [0.5, 0.6) is 0 Å². The Morgan fingerprint density at radius 3 is 2.53 bits per heavy atom. The van der Waals surface area contributed by atoms with Gasteiger partial charge in [0, 0.05) is 0 Å². The van der Waals surface area contributed by atoms with Crippen LogP contribution in [0.2, 0.25) is 0 Å². The van der Waals surface area contributed by atoms with Crippen molar-refractivity contribution in [2.24, 2.45) is 5.73 Å². The van der Waals surface area contributed by atoms with Crippen LogP contribution in [0.15, 0.2) is 24.3 Å². The van der Waals surface area contributed by atoms with Gasteiger partial charge in [-0.1, -0.05) is 12.1 Å². The number of nitrogens with zero attached hydrogens (tertiary/aromatic N) is 1. The van der Waals surface area contributed by atoms with E-state index < -0.39 is 5.91 Å². The first-order valence-corrected chi connectivity index (χ1v) is 5.10. The Morgan fingerprint density at radius 1 is 1.29 bits per heavy atom. The predicted octanol–water partition coefficient (Wildman–Crippen LogP) is -0.376. The molecule has 0 radical (unpaired) electrons. The summed E-state index contributed by atoms with van der Waals surface area (Å²) in [6.45, 7) is 0.120. The highest BCUT2D eigenvalue weighted by Gasteiger charge is 2.09. The van der Waals surface area contributed by atoms with E-state index in [1.165, 1.54) is 4.90 Å². The normalized spacial score (nSPS) is 10.2. The van der Waals surface area contributed by atoms with Crippen molar-refractivity contribution >= 4 is 23.2 Å². The second-order valence-corrected chi connectivity index (χ2v) is 3.77. The molecule has 0 aliphatic rings. The van der Waals surface area contributed by atoms with Crippen molar-refractivity contribution < 1.29 is 9.59 Å². The van der Waals surface area contributed by atoms with E-state index in [2.05, 4.69) is 5.32 Å². The van der Waals surface area contributed by atoms with E-state index in [0.717, 1.165) is 0 Å². The maximum Gasteiger partial charge on any atom is 0.238 e. The summed E-state index contributed by atoms with van der Waals surface area (Å²) in [4.78, 5) is 23.8. The molecule has 6 nitrogen and oxygen atoms in total. The second kappa shape index (κ2) is 5.86. The molecule has 1 aromatic carbocycles. The molecular weight excluding hydrogens is 220 g/mol. The molecule has 1 aromatic rings. The number of carbonyl (C=O) groups excluding carboxylic acids is 2. The summed E-state index contributed by atoms with van der Waals surface area (Å²) in [6.07, 6.45) is 0. The van der Waals surface area contributed by atoms with Crippen LogP contribution >= 0.6 is 0 Å². The van der Waals surface area contributed by atoms with Gasteiger partial charge in [-0.25, -0.2) is 0 Å². The summed E-state index contributed by atoms with van der Waals surface area (Å²) >= 11 is 0. The Kier molecular flexibility index (Phi) is 4.47. The minimum Gasteiger partial charge on any atom is -0.397 e. The molecule has 0 aliphatic carbocycles. The monoisotopic (exact) mass is 236 g/mol. The number of nitrogens with two attached hydrogens (primary N) is 2. The number of primary amides is 1. The number of amides is 2. The zero-order chi connectivity index (χ0) is 12.8. The van der Waals surface area contributed by atoms with Gasteiger partial charge in [-0.3, -0.25) is 14.5 Å². The average Bonchev–Trinajstić information content (AvgIpc) is 2.19. The molecule has 0 aromatic heterocycles. The first-order chi connectivity index (χ1) is 7.99. The molecule has 0 bridgehead atoms. The highest BCUT2D eigenvalue weighted by molar-refractivity contribution is 5.95. The van der Waals surface area contributed by atoms with Gasteiger partial charge in [-0.15, -0.1) is 0 Å². The molecule has 5 N–H and O–H groups in total. The number of anilines is 2. The van der Waals surface area contributed by atoms with Gasteiger partial charge in [0.05, 0.1) is 24.5 Å². The van der Waals surface area contributed by atoms with E-state index in [-0.39, 0.29) is 19.0 Å². The van der Waals surface area contributed by atoms with Crippen molar-refractivity contribution in [3.63, 3.8) is 0 Å². The van der Waals surface area contributed by atoms with Gasteiger partial charge in [-0.2, -0.15) is 0 Å². The first-order valence-electron chi connectivity index (χ1n) is 5.10. The van der Waals surface area contributed by atoms with Gasteiger partial charge in [0.25, 0.3) is 0 Å². The highest BCUT2D eigenvalue weighted by atomic mass is 16.2. The molecule has 6 heteroatoms. The maximum atomic E-state index is 11.6. The number of nitrogen functional groups attached to an aromatic ring is 1. The van der Waals surface area contributed by atoms with Gasteiger partial charge >= 0.3 is 0 Å². The molecule has 0 saturated carbocycles. The highest BCUT2D eigenvalue weighted by Crippen LogP contribution is 2.16. The quantitative estimate of drug-likeness (QED) is 0.607. The Bertz CT molecular complexity index is 420. The van der Waals surface area contributed by atoms with Gasteiger partial charge in [0.2, 0.25) is 11.8 Å². The Balaban J connectivity index is 2.50. The largest absolute Gasteiger partial charge is 0.397 e. The summed E-state index contributed by atoms with van der Waals surface area (Å²) in [5.41, 5.74) is 11.8. The van der Waals surface area contributed by atoms with Crippen LogP contribution in [0.25, 0.3) is 0 Å². The van der Waals surface area contributed by atoms with Crippen molar-refractivity contribution in [3.05, 3.63) is 24.3 Å². The van der Waals surface area contributed by atoms with Gasteiger partial charge < -0.3 is 16.8 Å². The molecule has 0 fully saturated rings. The molecular formula is C11H16N4O2. The van der Waals surface area contributed by atoms with Crippen molar-refractivity contribution in [2.75, 3.05) is 31.2 Å². The van der Waals surface area contributed by atoms with Gasteiger partial charge in [0.15, 0.2) is 0 Å². The fourth-order valence-electron chi connectivity index (χ4n) is 1.37. The zero-order valence-electron chi connectivity index (χ0n) is 9.64. The minimum atomic E-state index is -0.473. The number of benzene rings is 1. The van der Waals surface area contributed by atoms with Crippen molar-refractivity contribution in [3.8, 4) is 0 Å². The van der Waals surface area contributed by atoms with E-state index in [9.17, 15) is 9.59 Å². The third kappa shape index (κ3) is 4.52. The number of hydrogen-bond donors (Lipinski definition) is 3. The van der Waals surface area contributed by atoms with E-state index >= 15 is 0 Å². The second-order valence-electron chi connectivity index (χ2n) is 3.77. The lowest BCUT2D eigenvalue weighted by molar-refractivity contribution is -0.120. The number of carbonyl (C=O) groups is 2. The van der Waals surface area contributed by atoms with E-state index in [4.69, 9.17) is 11.5 Å². The van der Waals surface area contributed by atoms with Crippen molar-refractivity contribution in [2.45, 2.75) is 0 Å². The predicted molar refractivity (Wildman–Crippen MR) is 66.2 cm³/mol. The fraction of sp³-hybridized carbons (Fsp3) is 0.273. The Morgan fingerprint density at radius 2 is 1.94 bits per heavy atom. The molecule has 17 heavy (non-hydrogen) atoms. The SMILES string of the molecule is CN(CC(N)=O)CC(=O)Nc1ccccc1N. The van der Waals surface area contributed by atoms with E-state index in [1.807, 2.05) is 0 Å². The summed E-state index contributed by atoms with van der Waals surface area (Å²) in [6, 6.07) is 6.97. The molecule has 0 saturated heterocycles. The number of rotatable bonds is 5. The molecule has 0 heterocycles. The van der Waals surface area contributed by atoms with E-state index in [1.54, 1.807) is 31.3 Å². The molecule has 0 spiro atoms. The molecule has 1 rings (SSSR count). The topological polar surface area (TPSA) is 101 Å². The third-order valence-electron chi connectivity index (χ3n) is 2.07. The molecule has 92 valence electrons. The van der Waals surface area contributed by atoms with Crippen molar-refractivity contribution in [1.29, 1.82) is 0 Å².